The molecule has 0 saturated carbocycles. The predicted molar refractivity (Wildman–Crippen MR) is 115 cm³/mol. The molecule has 0 fully saturated rings. The first-order chi connectivity index (χ1) is 13.4. The number of aromatic nitrogens is 3. The van der Waals surface area contributed by atoms with E-state index in [4.69, 9.17) is 16.3 Å². The Morgan fingerprint density at radius 2 is 2.00 bits per heavy atom. The summed E-state index contributed by atoms with van der Waals surface area (Å²) in [6.45, 7) is 2.21. The van der Waals surface area contributed by atoms with E-state index in [0.29, 0.717) is 21.8 Å². The third-order valence-electron chi connectivity index (χ3n) is 3.83. The molecule has 0 saturated heterocycles. The third-order valence-corrected chi connectivity index (χ3v) is 5.69. The average Bonchev–Trinajstić information content (AvgIpc) is 3.02. The van der Waals surface area contributed by atoms with Gasteiger partial charge >= 0.3 is 0 Å². The van der Waals surface area contributed by atoms with Gasteiger partial charge in [0.1, 0.15) is 12.4 Å². The molecule has 1 amide bonds. The van der Waals surface area contributed by atoms with E-state index in [-0.39, 0.29) is 18.3 Å². The molecule has 0 aliphatic carbocycles. The fourth-order valence-corrected chi connectivity index (χ4v) is 3.49. The molecule has 0 spiro atoms. The Hall–Kier alpha value is -2.03. The molecule has 2 aromatic carbocycles. The highest BCUT2D eigenvalue weighted by Crippen LogP contribution is 2.26. The van der Waals surface area contributed by atoms with Crippen LogP contribution >= 0.6 is 39.3 Å². The lowest BCUT2D eigenvalue weighted by atomic mass is 10.2. The largest absolute Gasteiger partial charge is 0.484 e. The van der Waals surface area contributed by atoms with Crippen LogP contribution in [0.2, 0.25) is 5.02 Å². The Kier molecular flexibility index (Phi) is 6.98. The molecule has 0 atom stereocenters. The van der Waals surface area contributed by atoms with E-state index in [0.717, 1.165) is 15.7 Å². The molecule has 1 N–H and O–H groups in total. The number of nitrogens with one attached hydrogen (secondary N) is 1. The van der Waals surface area contributed by atoms with Gasteiger partial charge in [-0.25, -0.2) is 0 Å². The van der Waals surface area contributed by atoms with Crippen molar-refractivity contribution in [2.24, 2.45) is 7.05 Å². The van der Waals surface area contributed by atoms with Crippen molar-refractivity contribution in [3.05, 3.63) is 63.3 Å². The molecule has 3 rings (SSSR count). The molecule has 146 valence electrons. The van der Waals surface area contributed by atoms with Crippen LogP contribution in [0, 0.1) is 6.92 Å². The van der Waals surface area contributed by atoms with Gasteiger partial charge in [-0.15, -0.1) is 10.2 Å². The second kappa shape index (κ2) is 9.45. The van der Waals surface area contributed by atoms with E-state index in [1.165, 1.54) is 11.8 Å². The lowest BCUT2D eigenvalue weighted by Crippen LogP contribution is -2.14. The second-order valence-corrected chi connectivity index (χ2v) is 8.29. The highest BCUT2D eigenvalue weighted by molar-refractivity contribution is 9.10. The molecular formula is C19H18BrClN4O2S. The zero-order valence-corrected chi connectivity index (χ0v) is 18.4. The SMILES string of the molecule is Cc1ccc(Cl)c(OCc2nnc(SCC(=O)Nc3ccc(Br)cc3)n2C)c1. The first-order valence-electron chi connectivity index (χ1n) is 8.38. The predicted octanol–water partition coefficient (Wildman–Crippen LogP) is 4.85. The summed E-state index contributed by atoms with van der Waals surface area (Å²) in [4.78, 5) is 12.1. The molecule has 1 aromatic heterocycles. The van der Waals surface area contributed by atoms with Gasteiger partial charge in [-0.2, -0.15) is 0 Å². The summed E-state index contributed by atoms with van der Waals surface area (Å²) in [5, 5.41) is 12.3. The van der Waals surface area contributed by atoms with Crippen LogP contribution in [0.4, 0.5) is 5.69 Å². The first kappa shape index (κ1) is 20.7. The van der Waals surface area contributed by atoms with Gasteiger partial charge in [0.05, 0.1) is 10.8 Å². The Bertz CT molecular complexity index is 979. The molecule has 28 heavy (non-hydrogen) atoms. The molecule has 9 heteroatoms. The molecule has 3 aromatic rings. The average molecular weight is 482 g/mol. The van der Waals surface area contributed by atoms with Crippen LogP contribution < -0.4 is 10.1 Å². The summed E-state index contributed by atoms with van der Waals surface area (Å²) >= 11 is 10.8. The minimum Gasteiger partial charge on any atom is -0.484 e. The molecular weight excluding hydrogens is 464 g/mol. The highest BCUT2D eigenvalue weighted by atomic mass is 79.9. The lowest BCUT2D eigenvalue weighted by molar-refractivity contribution is -0.113. The standard InChI is InChI=1S/C19H18BrClN4O2S/c1-12-3-8-15(21)16(9-12)27-10-17-23-24-19(25(17)2)28-11-18(26)22-14-6-4-13(20)5-7-14/h3-9H,10-11H2,1-2H3,(H,22,26). The number of hydrogen-bond acceptors (Lipinski definition) is 5. The maximum atomic E-state index is 12.1. The fraction of sp³-hybridized carbons (Fsp3) is 0.211. The molecule has 1 heterocycles. The number of halogens is 2. The van der Waals surface area contributed by atoms with Crippen molar-refractivity contribution in [2.75, 3.05) is 11.1 Å². The number of thioether (sulfide) groups is 1. The molecule has 6 nitrogen and oxygen atoms in total. The van der Waals surface area contributed by atoms with Crippen LogP contribution in [0.3, 0.4) is 0 Å². The van der Waals surface area contributed by atoms with Gasteiger partial charge in [0, 0.05) is 17.2 Å². The van der Waals surface area contributed by atoms with Crippen LogP contribution in [0.1, 0.15) is 11.4 Å². The maximum Gasteiger partial charge on any atom is 0.234 e. The van der Waals surface area contributed by atoms with Crippen molar-refractivity contribution in [1.29, 1.82) is 0 Å². The molecule has 0 radical (unpaired) electrons. The fourth-order valence-electron chi connectivity index (χ4n) is 2.32. The number of anilines is 1. The normalized spacial score (nSPS) is 10.7. The Morgan fingerprint density at radius 3 is 2.75 bits per heavy atom. The number of aryl methyl sites for hydroxylation is 1. The maximum absolute atomic E-state index is 12.1. The smallest absolute Gasteiger partial charge is 0.234 e. The Balaban J connectivity index is 1.54. The number of carbonyl (C=O) groups is 1. The Labute approximate surface area is 180 Å². The van der Waals surface area contributed by atoms with Crippen LogP contribution in [-0.4, -0.2) is 26.4 Å². The van der Waals surface area contributed by atoms with Crippen molar-refractivity contribution < 1.29 is 9.53 Å². The van der Waals surface area contributed by atoms with Gasteiger partial charge in [0.2, 0.25) is 5.91 Å². The van der Waals surface area contributed by atoms with E-state index in [2.05, 4.69) is 31.4 Å². The van der Waals surface area contributed by atoms with Gasteiger partial charge in [-0.3, -0.25) is 4.79 Å². The third kappa shape index (κ3) is 5.50. The van der Waals surface area contributed by atoms with E-state index in [1.54, 1.807) is 10.6 Å². The van der Waals surface area contributed by atoms with Crippen molar-refractivity contribution >= 4 is 50.9 Å². The van der Waals surface area contributed by atoms with Gasteiger partial charge in [0.15, 0.2) is 11.0 Å². The van der Waals surface area contributed by atoms with Crippen LogP contribution in [-0.2, 0) is 18.4 Å². The summed E-state index contributed by atoms with van der Waals surface area (Å²) in [7, 11) is 1.84. The molecule has 0 unspecified atom stereocenters. The number of carbonyl (C=O) groups excluding carboxylic acids is 1. The summed E-state index contributed by atoms with van der Waals surface area (Å²) in [5.74, 6) is 1.37. The Morgan fingerprint density at radius 1 is 1.25 bits per heavy atom. The van der Waals surface area contributed by atoms with Crippen molar-refractivity contribution in [3.8, 4) is 5.75 Å². The topological polar surface area (TPSA) is 69.0 Å². The summed E-state index contributed by atoms with van der Waals surface area (Å²) < 4.78 is 8.53. The van der Waals surface area contributed by atoms with Crippen molar-refractivity contribution in [1.82, 2.24) is 14.8 Å². The number of nitrogens with zero attached hydrogens (tertiary/aromatic N) is 3. The van der Waals surface area contributed by atoms with Crippen LogP contribution in [0.25, 0.3) is 0 Å². The zero-order chi connectivity index (χ0) is 20.1. The minimum absolute atomic E-state index is 0.111. The number of hydrogen-bond donors (Lipinski definition) is 1. The summed E-state index contributed by atoms with van der Waals surface area (Å²) in [6.07, 6.45) is 0. The molecule has 0 aliphatic heterocycles. The number of benzene rings is 2. The van der Waals surface area contributed by atoms with Gasteiger partial charge in [0.25, 0.3) is 0 Å². The number of amides is 1. The molecule has 0 bridgehead atoms. The number of rotatable bonds is 7. The lowest BCUT2D eigenvalue weighted by Gasteiger charge is -2.09. The number of ether oxygens (including phenoxy) is 1. The van der Waals surface area contributed by atoms with E-state index < -0.39 is 0 Å². The zero-order valence-electron chi connectivity index (χ0n) is 15.3. The van der Waals surface area contributed by atoms with Gasteiger partial charge < -0.3 is 14.6 Å². The van der Waals surface area contributed by atoms with Gasteiger partial charge in [-0.05, 0) is 48.9 Å². The second-order valence-electron chi connectivity index (χ2n) is 6.02. The van der Waals surface area contributed by atoms with Crippen molar-refractivity contribution in [2.45, 2.75) is 18.7 Å². The van der Waals surface area contributed by atoms with Crippen LogP contribution in [0.15, 0.2) is 52.1 Å². The van der Waals surface area contributed by atoms with Crippen molar-refractivity contribution in [3.63, 3.8) is 0 Å². The monoisotopic (exact) mass is 480 g/mol. The summed E-state index contributed by atoms with van der Waals surface area (Å²) in [6, 6.07) is 13.0. The van der Waals surface area contributed by atoms with E-state index in [9.17, 15) is 4.79 Å². The van der Waals surface area contributed by atoms with Crippen LogP contribution in [0.5, 0.6) is 5.75 Å². The van der Waals surface area contributed by atoms with E-state index in [1.807, 2.05) is 50.4 Å². The summed E-state index contributed by atoms with van der Waals surface area (Å²) in [5.41, 5.74) is 1.81. The van der Waals surface area contributed by atoms with E-state index >= 15 is 0 Å². The first-order valence-corrected chi connectivity index (χ1v) is 10.5. The highest BCUT2D eigenvalue weighted by Gasteiger charge is 2.13. The van der Waals surface area contributed by atoms with Gasteiger partial charge in [-0.1, -0.05) is 45.4 Å². The quantitative estimate of drug-likeness (QED) is 0.489. The minimum atomic E-state index is -0.111. The molecule has 0 aliphatic rings.